The molecule has 55 heavy (non-hydrogen) atoms. The minimum atomic E-state index is -1.63. The second-order valence-electron chi connectivity index (χ2n) is 16.9. The van der Waals surface area contributed by atoms with Crippen molar-refractivity contribution in [3.05, 3.63) is 74.9 Å². The first kappa shape index (κ1) is 42.2. The molecule has 6 rings (SSSR count). The number of fused-ring (bicyclic) bond motifs is 1. The van der Waals surface area contributed by atoms with Crippen LogP contribution in [-0.2, 0) is 31.9 Å². The first-order valence-corrected chi connectivity index (χ1v) is 20.2. The summed E-state index contributed by atoms with van der Waals surface area (Å²) in [5, 5.41) is 23.8. The molecule has 0 radical (unpaired) electrons. The number of ether oxygens (including phenoxy) is 3. The number of carbonyl (C=O) groups is 3. The molecule has 2 aliphatic heterocycles. The van der Waals surface area contributed by atoms with E-state index in [1.807, 2.05) is 46.8 Å². The fourth-order valence-electron chi connectivity index (χ4n) is 9.05. The van der Waals surface area contributed by atoms with Gasteiger partial charge in [0.1, 0.15) is 22.8 Å². The molecule has 300 valence electrons. The Hall–Kier alpha value is -3.95. The van der Waals surface area contributed by atoms with Gasteiger partial charge in [0.15, 0.2) is 22.8 Å². The number of phenolic OH excluding ortho intramolecular Hbond substituents is 2. The van der Waals surface area contributed by atoms with E-state index in [9.17, 15) is 24.6 Å². The Labute approximate surface area is 328 Å². The van der Waals surface area contributed by atoms with Gasteiger partial charge in [-0.1, -0.05) is 60.9 Å². The molecule has 2 heterocycles. The van der Waals surface area contributed by atoms with Crippen molar-refractivity contribution in [2.75, 3.05) is 26.2 Å². The summed E-state index contributed by atoms with van der Waals surface area (Å²) in [6, 6.07) is 0. The van der Waals surface area contributed by atoms with Gasteiger partial charge in [-0.05, 0) is 120 Å². The van der Waals surface area contributed by atoms with Gasteiger partial charge in [0.25, 0.3) is 0 Å². The van der Waals surface area contributed by atoms with Crippen molar-refractivity contribution in [1.82, 2.24) is 4.90 Å². The quantitative estimate of drug-likeness (QED) is 0.0695. The number of allylic oxidation sites excluding steroid dienone is 7. The van der Waals surface area contributed by atoms with Crippen LogP contribution in [0.15, 0.2) is 58.2 Å². The molecule has 1 aromatic rings. The third kappa shape index (κ3) is 7.76. The normalized spacial score (nSPS) is 25.0. The van der Waals surface area contributed by atoms with Crippen LogP contribution in [0, 0.1) is 11.8 Å². The number of hydrogen-bond donors (Lipinski definition) is 2. The van der Waals surface area contributed by atoms with Gasteiger partial charge in [0.05, 0.1) is 12.2 Å². The Balaban J connectivity index is 1.54. The third-order valence-corrected chi connectivity index (χ3v) is 12.2. The van der Waals surface area contributed by atoms with Crippen molar-refractivity contribution in [3.8, 4) is 17.2 Å². The van der Waals surface area contributed by atoms with Crippen molar-refractivity contribution in [2.45, 2.75) is 137 Å². The molecular formula is C46H63NO8. The molecule has 0 amide bonds. The summed E-state index contributed by atoms with van der Waals surface area (Å²) in [5.74, 6) is -2.46. The van der Waals surface area contributed by atoms with E-state index in [1.165, 1.54) is 5.57 Å². The SMILES string of the molecule is CCN(CC)CCCCOC(=O)/C(C)=C\CC12OC(C)(C)C3CC(C=C4C(=O)c5c(O)c(C/C=C(\C)CCC=C(C)C)c(O)c(CC=C(C)C)c5OC431)C2=O. The van der Waals surface area contributed by atoms with Crippen LogP contribution in [0.25, 0.3) is 0 Å². The maximum Gasteiger partial charge on any atom is 0.333 e. The number of benzene rings is 1. The standard InChI is InChI=1S/C46H63NO8/c1-11-47(12-2)24-13-14-25-53-43(52)31(8)22-23-45-42(51)32-26-35-40(50)37-39(49)33(21-19-30(7)17-15-16-28(3)4)38(48)34(20-18-29(5)6)41(37)54-46(35,45)36(27-32)44(9,10)55-45/h16,18-19,22,26,32,36,48-49H,11-15,17,20-21,23-25,27H2,1-10H3/b30-19+,31-22-. The van der Waals surface area contributed by atoms with E-state index in [-0.39, 0.29) is 53.4 Å². The van der Waals surface area contributed by atoms with Gasteiger partial charge in [0.2, 0.25) is 0 Å². The molecule has 9 nitrogen and oxygen atoms in total. The van der Waals surface area contributed by atoms with Crippen molar-refractivity contribution >= 4 is 17.5 Å². The summed E-state index contributed by atoms with van der Waals surface area (Å²) in [4.78, 5) is 45.0. The number of carbonyl (C=O) groups excluding carboxylic acids is 3. The van der Waals surface area contributed by atoms with Crippen LogP contribution in [0.1, 0.15) is 129 Å². The molecule has 2 fully saturated rings. The predicted octanol–water partition coefficient (Wildman–Crippen LogP) is 8.85. The number of hydrogen-bond acceptors (Lipinski definition) is 9. The molecule has 3 aliphatic carbocycles. The van der Waals surface area contributed by atoms with Crippen LogP contribution in [-0.4, -0.2) is 75.7 Å². The number of aromatic hydroxyl groups is 2. The van der Waals surface area contributed by atoms with Crippen molar-refractivity contribution in [1.29, 1.82) is 0 Å². The minimum Gasteiger partial charge on any atom is -0.507 e. The van der Waals surface area contributed by atoms with Crippen molar-refractivity contribution < 1.29 is 38.8 Å². The number of nitrogens with zero attached hydrogens (tertiary/aromatic N) is 1. The highest BCUT2D eigenvalue weighted by atomic mass is 16.6. The number of rotatable bonds is 17. The molecule has 2 N–H and O–H groups in total. The fourth-order valence-corrected chi connectivity index (χ4v) is 9.05. The summed E-state index contributed by atoms with van der Waals surface area (Å²) in [6.07, 6.45) is 13.8. The zero-order chi connectivity index (χ0) is 40.5. The van der Waals surface area contributed by atoms with Gasteiger partial charge in [-0.25, -0.2) is 4.79 Å². The van der Waals surface area contributed by atoms with Gasteiger partial charge in [-0.3, -0.25) is 9.59 Å². The molecule has 4 bridgehead atoms. The molecule has 4 unspecified atom stereocenters. The van der Waals surface area contributed by atoms with Crippen LogP contribution in [0.2, 0.25) is 0 Å². The van der Waals surface area contributed by atoms with Gasteiger partial charge in [-0.15, -0.1) is 0 Å². The van der Waals surface area contributed by atoms with E-state index in [4.69, 9.17) is 14.2 Å². The van der Waals surface area contributed by atoms with Crippen LogP contribution in [0.3, 0.4) is 0 Å². The highest BCUT2D eigenvalue weighted by Gasteiger charge is 2.81. The van der Waals surface area contributed by atoms with Crippen molar-refractivity contribution in [2.24, 2.45) is 11.8 Å². The summed E-state index contributed by atoms with van der Waals surface area (Å²) in [7, 11) is 0. The second kappa shape index (κ2) is 16.6. The summed E-state index contributed by atoms with van der Waals surface area (Å²) in [5.41, 5.74) is 0.583. The van der Waals surface area contributed by atoms with E-state index < -0.39 is 40.4 Å². The number of phenols is 2. The second-order valence-corrected chi connectivity index (χ2v) is 16.9. The van der Waals surface area contributed by atoms with Crippen LogP contribution < -0.4 is 4.74 Å². The molecule has 4 atom stereocenters. The van der Waals surface area contributed by atoms with E-state index >= 15 is 0 Å². The highest BCUT2D eigenvalue weighted by Crippen LogP contribution is 2.68. The largest absolute Gasteiger partial charge is 0.507 e. The van der Waals surface area contributed by atoms with Crippen molar-refractivity contribution in [3.63, 3.8) is 0 Å². The highest BCUT2D eigenvalue weighted by molar-refractivity contribution is 6.18. The van der Waals surface area contributed by atoms with Gasteiger partial charge in [0, 0.05) is 40.5 Å². The Morgan fingerprint density at radius 1 is 0.927 bits per heavy atom. The third-order valence-electron chi connectivity index (χ3n) is 12.2. The Kier molecular flexibility index (Phi) is 12.8. The van der Waals surface area contributed by atoms with Crippen LogP contribution in [0.4, 0.5) is 0 Å². The summed E-state index contributed by atoms with van der Waals surface area (Å²) >= 11 is 0. The average Bonchev–Trinajstić information content (AvgIpc) is 3.28. The zero-order valence-electron chi connectivity index (χ0n) is 34.8. The number of unbranched alkanes of at least 4 members (excludes halogenated alkanes) is 1. The lowest BCUT2D eigenvalue weighted by atomic mass is 9.51. The molecule has 9 heteroatoms. The average molecular weight is 758 g/mol. The van der Waals surface area contributed by atoms with Gasteiger partial charge >= 0.3 is 5.97 Å². The lowest BCUT2D eigenvalue weighted by Gasteiger charge is -2.56. The molecule has 1 saturated heterocycles. The molecule has 1 saturated carbocycles. The number of Topliss-reactive ketones (excluding diaryl/α,β-unsaturated/α-hetero) is 2. The maximum atomic E-state index is 14.9. The Morgan fingerprint density at radius 2 is 1.60 bits per heavy atom. The molecule has 1 aromatic carbocycles. The first-order chi connectivity index (χ1) is 25.9. The Bertz CT molecular complexity index is 1850. The molecular weight excluding hydrogens is 695 g/mol. The molecule has 1 spiro atoms. The Morgan fingerprint density at radius 3 is 2.25 bits per heavy atom. The van der Waals surface area contributed by atoms with E-state index in [0.29, 0.717) is 29.7 Å². The summed E-state index contributed by atoms with van der Waals surface area (Å²) in [6.45, 7) is 23.0. The monoisotopic (exact) mass is 757 g/mol. The van der Waals surface area contributed by atoms with Crippen LogP contribution >= 0.6 is 0 Å². The first-order valence-electron chi connectivity index (χ1n) is 20.2. The minimum absolute atomic E-state index is 0.000995. The smallest absolute Gasteiger partial charge is 0.333 e. The van der Waals surface area contributed by atoms with Crippen LogP contribution in [0.5, 0.6) is 17.2 Å². The number of esters is 1. The summed E-state index contributed by atoms with van der Waals surface area (Å²) < 4.78 is 19.6. The predicted molar refractivity (Wildman–Crippen MR) is 216 cm³/mol. The number of ketones is 2. The zero-order valence-corrected chi connectivity index (χ0v) is 34.8. The molecule has 5 aliphatic rings. The van der Waals surface area contributed by atoms with E-state index in [1.54, 1.807) is 19.1 Å². The lowest BCUT2D eigenvalue weighted by molar-refractivity contribution is -0.171. The van der Waals surface area contributed by atoms with Gasteiger partial charge < -0.3 is 29.3 Å². The maximum absolute atomic E-state index is 14.9. The topological polar surface area (TPSA) is 123 Å². The lowest BCUT2D eigenvalue weighted by Crippen LogP contribution is -2.72. The molecule has 0 aromatic heterocycles. The van der Waals surface area contributed by atoms with E-state index in [0.717, 1.165) is 56.5 Å². The van der Waals surface area contributed by atoms with Gasteiger partial charge in [-0.2, -0.15) is 0 Å². The van der Waals surface area contributed by atoms with E-state index in [2.05, 4.69) is 38.7 Å². The fraction of sp³-hybridized carbons (Fsp3) is 0.587.